The Morgan fingerprint density at radius 1 is 1.30 bits per heavy atom. The Hall–Kier alpha value is -2.14. The number of benzene rings is 1. The van der Waals surface area contributed by atoms with E-state index in [-0.39, 0.29) is 5.56 Å². The van der Waals surface area contributed by atoms with Crippen LogP contribution in [0.2, 0.25) is 0 Å². The van der Waals surface area contributed by atoms with E-state index in [9.17, 15) is 4.79 Å². The Kier molecular flexibility index (Phi) is 3.28. The molecule has 1 aromatic carbocycles. The second-order valence-corrected chi connectivity index (χ2v) is 5.47. The molecule has 0 bridgehead atoms. The summed E-state index contributed by atoms with van der Waals surface area (Å²) < 4.78 is 7.34. The van der Waals surface area contributed by atoms with E-state index in [2.05, 4.69) is 4.98 Å². The van der Waals surface area contributed by atoms with E-state index in [1.54, 1.807) is 4.40 Å². The molecule has 0 amide bonds. The predicted molar refractivity (Wildman–Crippen MR) is 79.6 cm³/mol. The van der Waals surface area contributed by atoms with Gasteiger partial charge in [-0.25, -0.2) is 4.98 Å². The third-order valence-electron chi connectivity index (χ3n) is 3.10. The van der Waals surface area contributed by atoms with Gasteiger partial charge in [-0.15, -0.1) is 11.3 Å². The number of hydrogen-bond donors (Lipinski definition) is 0. The number of nitrogens with zero attached hydrogens (tertiary/aromatic N) is 2. The Labute approximate surface area is 120 Å². The summed E-state index contributed by atoms with van der Waals surface area (Å²) in [5, 5.41) is 1.93. The van der Waals surface area contributed by atoms with Gasteiger partial charge in [0.05, 0.1) is 5.69 Å². The number of aryl methyl sites for hydroxylation is 2. The third kappa shape index (κ3) is 2.32. The second-order valence-electron chi connectivity index (χ2n) is 4.63. The fourth-order valence-corrected chi connectivity index (χ4v) is 2.94. The maximum absolute atomic E-state index is 12.0. The lowest BCUT2D eigenvalue weighted by molar-refractivity contribution is 0.299. The van der Waals surface area contributed by atoms with Crippen molar-refractivity contribution in [3.05, 3.63) is 63.0 Å². The summed E-state index contributed by atoms with van der Waals surface area (Å²) >= 11 is 1.46. The van der Waals surface area contributed by atoms with Crippen molar-refractivity contribution in [2.24, 2.45) is 0 Å². The Morgan fingerprint density at radius 2 is 2.10 bits per heavy atom. The SMILES string of the molecule is Cc1ccccc1OCc1cc(=O)n2c(C)csc2n1. The Morgan fingerprint density at radius 3 is 2.90 bits per heavy atom. The Bertz CT molecular complexity index is 820. The summed E-state index contributed by atoms with van der Waals surface area (Å²) in [6.45, 7) is 4.19. The van der Waals surface area contributed by atoms with Gasteiger partial charge in [0.25, 0.3) is 5.56 Å². The molecule has 0 saturated carbocycles. The summed E-state index contributed by atoms with van der Waals surface area (Å²) in [7, 11) is 0. The molecule has 0 N–H and O–H groups in total. The lowest BCUT2D eigenvalue weighted by atomic mass is 10.2. The predicted octanol–water partition coefficient (Wildman–Crippen LogP) is 2.95. The molecule has 0 aliphatic carbocycles. The molecular weight excluding hydrogens is 272 g/mol. The maximum Gasteiger partial charge on any atom is 0.259 e. The van der Waals surface area contributed by atoms with E-state index in [1.165, 1.54) is 17.4 Å². The summed E-state index contributed by atoms with van der Waals surface area (Å²) in [5.74, 6) is 0.817. The number of ether oxygens (including phenoxy) is 1. The quantitative estimate of drug-likeness (QED) is 0.743. The zero-order valence-electron chi connectivity index (χ0n) is 11.3. The van der Waals surface area contributed by atoms with Crippen molar-refractivity contribution in [1.29, 1.82) is 0 Å². The van der Waals surface area contributed by atoms with E-state index >= 15 is 0 Å². The third-order valence-corrected chi connectivity index (χ3v) is 4.04. The molecule has 2 heterocycles. The fraction of sp³-hybridized carbons (Fsp3) is 0.200. The van der Waals surface area contributed by atoms with Crippen molar-refractivity contribution in [2.75, 3.05) is 0 Å². The average Bonchev–Trinajstić information content (AvgIpc) is 2.80. The summed E-state index contributed by atoms with van der Waals surface area (Å²) in [4.78, 5) is 17.2. The second kappa shape index (κ2) is 5.09. The van der Waals surface area contributed by atoms with Crippen LogP contribution in [-0.4, -0.2) is 9.38 Å². The number of rotatable bonds is 3. The minimum atomic E-state index is -0.0582. The van der Waals surface area contributed by atoms with Crippen LogP contribution in [0.4, 0.5) is 0 Å². The molecule has 3 rings (SSSR count). The molecule has 2 aromatic heterocycles. The van der Waals surface area contributed by atoms with E-state index < -0.39 is 0 Å². The monoisotopic (exact) mass is 286 g/mol. The van der Waals surface area contributed by atoms with E-state index in [4.69, 9.17) is 4.74 Å². The highest BCUT2D eigenvalue weighted by Crippen LogP contribution is 2.18. The Balaban J connectivity index is 1.89. The van der Waals surface area contributed by atoms with Gasteiger partial charge >= 0.3 is 0 Å². The van der Waals surface area contributed by atoms with Crippen LogP contribution in [0.15, 0.2) is 40.5 Å². The van der Waals surface area contributed by atoms with Crippen molar-refractivity contribution < 1.29 is 4.74 Å². The summed E-state index contributed by atoms with van der Waals surface area (Å²) in [6.07, 6.45) is 0. The van der Waals surface area contributed by atoms with Gasteiger partial charge in [-0.3, -0.25) is 9.20 Å². The van der Waals surface area contributed by atoms with Crippen molar-refractivity contribution in [3.8, 4) is 5.75 Å². The molecule has 0 fully saturated rings. The molecule has 5 heteroatoms. The van der Waals surface area contributed by atoms with Gasteiger partial charge < -0.3 is 4.74 Å². The zero-order chi connectivity index (χ0) is 14.1. The van der Waals surface area contributed by atoms with E-state index in [0.717, 1.165) is 17.0 Å². The first-order valence-corrected chi connectivity index (χ1v) is 7.18. The average molecular weight is 286 g/mol. The molecule has 0 aliphatic heterocycles. The molecule has 0 spiro atoms. The van der Waals surface area contributed by atoms with Crippen LogP contribution in [0.3, 0.4) is 0 Å². The van der Waals surface area contributed by atoms with Gasteiger partial charge in [-0.05, 0) is 25.5 Å². The molecular formula is C15H14N2O2S. The molecule has 3 aromatic rings. The number of aromatic nitrogens is 2. The van der Waals surface area contributed by atoms with Crippen molar-refractivity contribution >= 4 is 16.3 Å². The van der Waals surface area contributed by atoms with Gasteiger partial charge in [0.2, 0.25) is 0 Å². The number of para-hydroxylation sites is 1. The number of thiazole rings is 1. The standard InChI is InChI=1S/C15H14N2O2S/c1-10-5-3-4-6-13(10)19-8-12-7-14(18)17-11(2)9-20-15(17)16-12/h3-7,9H,8H2,1-2H3. The minimum Gasteiger partial charge on any atom is -0.487 e. The van der Waals surface area contributed by atoms with Crippen LogP contribution < -0.4 is 10.3 Å². The topological polar surface area (TPSA) is 43.6 Å². The number of hydrogen-bond acceptors (Lipinski definition) is 4. The van der Waals surface area contributed by atoms with Gasteiger partial charge in [0.15, 0.2) is 4.96 Å². The first-order valence-electron chi connectivity index (χ1n) is 6.30. The maximum atomic E-state index is 12.0. The molecule has 0 atom stereocenters. The molecule has 102 valence electrons. The number of fused-ring (bicyclic) bond motifs is 1. The lowest BCUT2D eigenvalue weighted by Crippen LogP contribution is -2.16. The van der Waals surface area contributed by atoms with Crippen LogP contribution in [0.25, 0.3) is 4.96 Å². The van der Waals surface area contributed by atoms with Crippen molar-refractivity contribution in [1.82, 2.24) is 9.38 Å². The minimum absolute atomic E-state index is 0.0582. The highest BCUT2D eigenvalue weighted by Gasteiger charge is 2.07. The first kappa shape index (κ1) is 12.9. The van der Waals surface area contributed by atoms with Crippen LogP contribution in [0.1, 0.15) is 17.0 Å². The summed E-state index contributed by atoms with van der Waals surface area (Å²) in [5.41, 5.74) is 2.57. The molecule has 0 unspecified atom stereocenters. The van der Waals surface area contributed by atoms with E-state index in [0.29, 0.717) is 17.3 Å². The van der Waals surface area contributed by atoms with Crippen LogP contribution in [-0.2, 0) is 6.61 Å². The zero-order valence-corrected chi connectivity index (χ0v) is 12.1. The fourth-order valence-electron chi connectivity index (χ4n) is 2.04. The van der Waals surface area contributed by atoms with Gasteiger partial charge in [0.1, 0.15) is 12.4 Å². The van der Waals surface area contributed by atoms with E-state index in [1.807, 2.05) is 43.5 Å². The van der Waals surface area contributed by atoms with Crippen LogP contribution in [0.5, 0.6) is 5.75 Å². The van der Waals surface area contributed by atoms with Crippen LogP contribution >= 0.6 is 11.3 Å². The molecule has 4 nitrogen and oxygen atoms in total. The highest BCUT2D eigenvalue weighted by atomic mass is 32.1. The molecule has 0 saturated heterocycles. The molecule has 0 radical (unpaired) electrons. The van der Waals surface area contributed by atoms with Crippen molar-refractivity contribution in [2.45, 2.75) is 20.5 Å². The van der Waals surface area contributed by atoms with Gasteiger partial charge in [-0.2, -0.15) is 0 Å². The summed E-state index contributed by atoms with van der Waals surface area (Å²) in [6, 6.07) is 9.33. The van der Waals surface area contributed by atoms with Gasteiger partial charge in [-0.1, -0.05) is 18.2 Å². The first-order chi connectivity index (χ1) is 9.65. The van der Waals surface area contributed by atoms with Crippen molar-refractivity contribution in [3.63, 3.8) is 0 Å². The molecule has 20 heavy (non-hydrogen) atoms. The van der Waals surface area contributed by atoms with Crippen LogP contribution in [0, 0.1) is 13.8 Å². The smallest absolute Gasteiger partial charge is 0.259 e. The molecule has 0 aliphatic rings. The normalized spacial score (nSPS) is 10.9. The van der Waals surface area contributed by atoms with Gasteiger partial charge in [0, 0.05) is 17.1 Å². The largest absolute Gasteiger partial charge is 0.487 e. The lowest BCUT2D eigenvalue weighted by Gasteiger charge is -2.08. The highest BCUT2D eigenvalue weighted by molar-refractivity contribution is 7.15.